The molecular formula is C8H3BrN2S. The van der Waals surface area contributed by atoms with Crippen LogP contribution in [0.25, 0.3) is 0 Å². The van der Waals surface area contributed by atoms with Gasteiger partial charge in [-0.2, -0.15) is 10.3 Å². The molecule has 0 saturated carbocycles. The quantitative estimate of drug-likeness (QED) is 0.557. The molecule has 0 radical (unpaired) electrons. The molecule has 0 aliphatic rings. The molecular weight excluding hydrogens is 236 g/mol. The van der Waals surface area contributed by atoms with Gasteiger partial charge in [0.2, 0.25) is 0 Å². The van der Waals surface area contributed by atoms with Crippen molar-refractivity contribution in [2.24, 2.45) is 4.99 Å². The lowest BCUT2D eigenvalue weighted by molar-refractivity contribution is 1.45. The van der Waals surface area contributed by atoms with Crippen molar-refractivity contribution >= 4 is 39.0 Å². The number of halogens is 1. The van der Waals surface area contributed by atoms with E-state index in [0.717, 1.165) is 4.47 Å². The van der Waals surface area contributed by atoms with E-state index in [2.05, 4.69) is 38.3 Å². The van der Waals surface area contributed by atoms with Crippen LogP contribution in [0.1, 0.15) is 5.56 Å². The van der Waals surface area contributed by atoms with Crippen molar-refractivity contribution in [2.75, 3.05) is 0 Å². The minimum absolute atomic E-state index is 0.588. The molecule has 0 heterocycles. The Labute approximate surface area is 83.7 Å². The molecule has 0 aromatic heterocycles. The molecule has 2 nitrogen and oxygen atoms in total. The molecule has 0 spiro atoms. The van der Waals surface area contributed by atoms with Gasteiger partial charge < -0.3 is 0 Å². The van der Waals surface area contributed by atoms with Crippen molar-refractivity contribution in [1.82, 2.24) is 0 Å². The maximum Gasteiger partial charge on any atom is 0.0992 e. The van der Waals surface area contributed by atoms with Crippen LogP contribution in [0.5, 0.6) is 0 Å². The number of benzene rings is 1. The molecule has 1 aromatic rings. The third kappa shape index (κ3) is 1.99. The standard InChI is InChI=1S/C8H3BrN2S/c9-7-3-6(4-10)1-2-8(7)11-5-12/h1-3H. The SMILES string of the molecule is N#Cc1ccc(N=C=S)c(Br)c1. The van der Waals surface area contributed by atoms with E-state index in [1.165, 1.54) is 0 Å². The zero-order chi connectivity index (χ0) is 8.97. The molecule has 0 amide bonds. The Morgan fingerprint density at radius 2 is 2.25 bits per heavy atom. The van der Waals surface area contributed by atoms with Gasteiger partial charge in [0, 0.05) is 4.47 Å². The molecule has 0 bridgehead atoms. The number of nitrogens with zero attached hydrogens (tertiary/aromatic N) is 2. The van der Waals surface area contributed by atoms with E-state index in [9.17, 15) is 0 Å². The molecule has 58 valence electrons. The second kappa shape index (κ2) is 4.13. The van der Waals surface area contributed by atoms with Crippen molar-refractivity contribution < 1.29 is 0 Å². The van der Waals surface area contributed by atoms with Crippen LogP contribution in [0.3, 0.4) is 0 Å². The molecule has 12 heavy (non-hydrogen) atoms. The molecule has 0 aliphatic heterocycles. The van der Waals surface area contributed by atoms with Crippen LogP contribution in [-0.4, -0.2) is 5.16 Å². The molecule has 1 aromatic carbocycles. The van der Waals surface area contributed by atoms with Gasteiger partial charge in [-0.05, 0) is 46.3 Å². The molecule has 0 N–H and O–H groups in total. The van der Waals surface area contributed by atoms with Crippen LogP contribution in [0.2, 0.25) is 0 Å². The predicted molar refractivity (Wildman–Crippen MR) is 53.5 cm³/mol. The van der Waals surface area contributed by atoms with E-state index in [4.69, 9.17) is 5.26 Å². The van der Waals surface area contributed by atoms with Gasteiger partial charge in [0.25, 0.3) is 0 Å². The van der Waals surface area contributed by atoms with Crippen LogP contribution in [0, 0.1) is 11.3 Å². The lowest BCUT2D eigenvalue weighted by Gasteiger charge is -1.95. The molecule has 0 saturated heterocycles. The summed E-state index contributed by atoms with van der Waals surface area (Å²) in [6.45, 7) is 0. The third-order valence-electron chi connectivity index (χ3n) is 1.24. The van der Waals surface area contributed by atoms with Gasteiger partial charge in [0.05, 0.1) is 22.5 Å². The molecule has 0 aliphatic carbocycles. The fourth-order valence-electron chi connectivity index (χ4n) is 0.716. The van der Waals surface area contributed by atoms with Crippen LogP contribution in [-0.2, 0) is 0 Å². The van der Waals surface area contributed by atoms with Gasteiger partial charge >= 0.3 is 0 Å². The maximum absolute atomic E-state index is 8.55. The highest BCUT2D eigenvalue weighted by molar-refractivity contribution is 9.10. The summed E-state index contributed by atoms with van der Waals surface area (Å²) in [5.74, 6) is 0. The predicted octanol–water partition coefficient (Wildman–Crippen LogP) is 3.06. The number of aliphatic imine (C=N–C) groups is 1. The summed E-state index contributed by atoms with van der Waals surface area (Å²) in [5.41, 5.74) is 1.27. The first-order chi connectivity index (χ1) is 5.77. The normalized spacial score (nSPS) is 8.33. The molecule has 1 rings (SSSR count). The highest BCUT2D eigenvalue weighted by Crippen LogP contribution is 2.25. The summed E-state index contributed by atoms with van der Waals surface area (Å²) in [5, 5.41) is 10.8. The monoisotopic (exact) mass is 238 g/mol. The molecule has 4 heteroatoms. The number of isothiocyanates is 1. The topological polar surface area (TPSA) is 36.1 Å². The van der Waals surface area contributed by atoms with Crippen molar-refractivity contribution in [3.05, 3.63) is 28.2 Å². The average molecular weight is 239 g/mol. The fourth-order valence-corrected chi connectivity index (χ4v) is 1.28. The summed E-state index contributed by atoms with van der Waals surface area (Å²) in [7, 11) is 0. The van der Waals surface area contributed by atoms with Crippen LogP contribution >= 0.6 is 28.1 Å². The Hall–Kier alpha value is -1.01. The number of rotatable bonds is 1. The summed E-state index contributed by atoms with van der Waals surface area (Å²) < 4.78 is 0.749. The van der Waals surface area contributed by atoms with E-state index in [-0.39, 0.29) is 0 Å². The Morgan fingerprint density at radius 1 is 1.50 bits per heavy atom. The van der Waals surface area contributed by atoms with Crippen molar-refractivity contribution in [3.63, 3.8) is 0 Å². The van der Waals surface area contributed by atoms with Gasteiger partial charge in [-0.3, -0.25) is 0 Å². The summed E-state index contributed by atoms with van der Waals surface area (Å²) in [6.07, 6.45) is 0. The van der Waals surface area contributed by atoms with Crippen molar-refractivity contribution in [3.8, 4) is 6.07 Å². The largest absolute Gasteiger partial charge is 0.194 e. The minimum Gasteiger partial charge on any atom is -0.194 e. The van der Waals surface area contributed by atoms with Crippen LogP contribution < -0.4 is 0 Å². The van der Waals surface area contributed by atoms with Gasteiger partial charge in [0.1, 0.15) is 0 Å². The number of thiocarbonyl (C=S) groups is 1. The Kier molecular flexibility index (Phi) is 3.12. The van der Waals surface area contributed by atoms with Gasteiger partial charge in [-0.25, -0.2) is 0 Å². The summed E-state index contributed by atoms with van der Waals surface area (Å²) >= 11 is 7.71. The van der Waals surface area contributed by atoms with Crippen molar-refractivity contribution in [1.29, 1.82) is 5.26 Å². The second-order valence-electron chi connectivity index (χ2n) is 1.98. The Balaban J connectivity index is 3.22. The minimum atomic E-state index is 0.588. The van der Waals surface area contributed by atoms with E-state index in [1.807, 2.05) is 6.07 Å². The second-order valence-corrected chi connectivity index (χ2v) is 3.02. The van der Waals surface area contributed by atoms with Gasteiger partial charge in [-0.1, -0.05) is 0 Å². The fraction of sp³-hybridized carbons (Fsp3) is 0. The van der Waals surface area contributed by atoms with Crippen molar-refractivity contribution in [2.45, 2.75) is 0 Å². The molecule has 0 atom stereocenters. The number of nitriles is 1. The summed E-state index contributed by atoms with van der Waals surface area (Å²) in [6, 6.07) is 7.09. The first-order valence-corrected chi connectivity index (χ1v) is 4.25. The van der Waals surface area contributed by atoms with E-state index in [1.54, 1.807) is 18.2 Å². The van der Waals surface area contributed by atoms with Crippen LogP contribution in [0.15, 0.2) is 27.7 Å². The van der Waals surface area contributed by atoms with Crippen LogP contribution in [0.4, 0.5) is 5.69 Å². The molecule has 0 fully saturated rings. The maximum atomic E-state index is 8.55. The number of hydrogen-bond acceptors (Lipinski definition) is 3. The number of hydrogen-bond donors (Lipinski definition) is 0. The zero-order valence-electron chi connectivity index (χ0n) is 5.91. The van der Waals surface area contributed by atoms with E-state index < -0.39 is 0 Å². The molecule has 0 unspecified atom stereocenters. The third-order valence-corrected chi connectivity index (χ3v) is 1.97. The van der Waals surface area contributed by atoms with E-state index in [0.29, 0.717) is 11.3 Å². The smallest absolute Gasteiger partial charge is 0.0992 e. The highest BCUT2D eigenvalue weighted by atomic mass is 79.9. The zero-order valence-corrected chi connectivity index (χ0v) is 8.32. The van der Waals surface area contributed by atoms with E-state index >= 15 is 0 Å². The lowest BCUT2D eigenvalue weighted by atomic mass is 10.2. The summed E-state index contributed by atoms with van der Waals surface area (Å²) in [4.78, 5) is 3.79. The first-order valence-electron chi connectivity index (χ1n) is 3.05. The lowest BCUT2D eigenvalue weighted by Crippen LogP contribution is -1.73. The average Bonchev–Trinajstić information content (AvgIpc) is 2.09. The Bertz CT molecular complexity index is 389. The highest BCUT2D eigenvalue weighted by Gasteiger charge is 1.98. The first kappa shape index (κ1) is 9.08. The van der Waals surface area contributed by atoms with Gasteiger partial charge in [0.15, 0.2) is 0 Å². The van der Waals surface area contributed by atoms with Gasteiger partial charge in [-0.15, -0.1) is 0 Å². The Morgan fingerprint density at radius 3 is 2.75 bits per heavy atom.